The lowest BCUT2D eigenvalue weighted by molar-refractivity contribution is -0.166. The quantitative estimate of drug-likeness (QED) is 0.547. The Morgan fingerprint density at radius 2 is 2.21 bits per heavy atom. The van der Waals surface area contributed by atoms with Crippen LogP contribution in [0.25, 0.3) is 0 Å². The van der Waals surface area contributed by atoms with Crippen LogP contribution >= 0.6 is 0 Å². The molecule has 3 heteroatoms. The summed E-state index contributed by atoms with van der Waals surface area (Å²) in [5, 5.41) is 10.1. The summed E-state index contributed by atoms with van der Waals surface area (Å²) in [6, 6.07) is 0. The molecular formula is C11H20O3. The SMILES string of the molecule is CCOC(=O)C1(O)CCCC(C)CC1. The highest BCUT2D eigenvalue weighted by molar-refractivity contribution is 5.79. The minimum atomic E-state index is -1.21. The van der Waals surface area contributed by atoms with Crippen molar-refractivity contribution >= 4 is 5.97 Å². The number of hydrogen-bond donors (Lipinski definition) is 1. The molecule has 0 aromatic rings. The normalized spacial score (nSPS) is 33.5. The molecule has 0 aromatic carbocycles. The zero-order valence-corrected chi connectivity index (χ0v) is 9.08. The first-order valence-electron chi connectivity index (χ1n) is 5.48. The van der Waals surface area contributed by atoms with Crippen molar-refractivity contribution in [3.8, 4) is 0 Å². The Balaban J connectivity index is 2.58. The molecule has 1 fully saturated rings. The van der Waals surface area contributed by atoms with Crippen LogP contribution < -0.4 is 0 Å². The topological polar surface area (TPSA) is 46.5 Å². The summed E-state index contributed by atoms with van der Waals surface area (Å²) >= 11 is 0. The second-order valence-electron chi connectivity index (χ2n) is 4.29. The maximum atomic E-state index is 11.5. The first kappa shape index (κ1) is 11.5. The van der Waals surface area contributed by atoms with E-state index < -0.39 is 11.6 Å². The van der Waals surface area contributed by atoms with E-state index >= 15 is 0 Å². The summed E-state index contributed by atoms with van der Waals surface area (Å²) in [6.45, 7) is 4.27. The van der Waals surface area contributed by atoms with Gasteiger partial charge < -0.3 is 9.84 Å². The molecule has 0 saturated heterocycles. The van der Waals surface area contributed by atoms with Gasteiger partial charge in [-0.2, -0.15) is 0 Å². The van der Waals surface area contributed by atoms with Gasteiger partial charge in [0, 0.05) is 0 Å². The Kier molecular flexibility index (Phi) is 3.93. The summed E-state index contributed by atoms with van der Waals surface area (Å²) in [5.41, 5.74) is -1.21. The summed E-state index contributed by atoms with van der Waals surface area (Å²) in [4.78, 5) is 11.5. The van der Waals surface area contributed by atoms with Gasteiger partial charge in [0.05, 0.1) is 6.61 Å². The molecule has 1 aliphatic carbocycles. The van der Waals surface area contributed by atoms with Crippen LogP contribution in [-0.4, -0.2) is 23.3 Å². The van der Waals surface area contributed by atoms with E-state index in [1.165, 1.54) is 0 Å². The maximum absolute atomic E-state index is 11.5. The molecule has 2 unspecified atom stereocenters. The van der Waals surface area contributed by atoms with Crippen LogP contribution in [0.3, 0.4) is 0 Å². The van der Waals surface area contributed by atoms with Crippen LogP contribution in [0.2, 0.25) is 0 Å². The summed E-state index contributed by atoms with van der Waals surface area (Å²) in [5.74, 6) is 0.174. The molecule has 0 aliphatic heterocycles. The molecule has 0 bridgehead atoms. The lowest BCUT2D eigenvalue weighted by atomic mass is 9.94. The van der Waals surface area contributed by atoms with Gasteiger partial charge in [0.15, 0.2) is 5.60 Å². The third-order valence-corrected chi connectivity index (χ3v) is 2.99. The zero-order valence-electron chi connectivity index (χ0n) is 9.08. The summed E-state index contributed by atoms with van der Waals surface area (Å²) in [7, 11) is 0. The number of esters is 1. The molecule has 1 saturated carbocycles. The van der Waals surface area contributed by atoms with Gasteiger partial charge in [-0.05, 0) is 38.5 Å². The van der Waals surface area contributed by atoms with E-state index in [2.05, 4.69) is 6.92 Å². The van der Waals surface area contributed by atoms with Gasteiger partial charge in [-0.15, -0.1) is 0 Å². The zero-order chi connectivity index (χ0) is 10.6. The highest BCUT2D eigenvalue weighted by Gasteiger charge is 2.38. The second-order valence-corrected chi connectivity index (χ2v) is 4.29. The fourth-order valence-corrected chi connectivity index (χ4v) is 1.97. The minimum absolute atomic E-state index is 0.344. The Morgan fingerprint density at radius 1 is 1.50 bits per heavy atom. The fourth-order valence-electron chi connectivity index (χ4n) is 1.97. The van der Waals surface area contributed by atoms with E-state index in [-0.39, 0.29) is 0 Å². The lowest BCUT2D eigenvalue weighted by Gasteiger charge is -2.23. The molecule has 2 atom stereocenters. The van der Waals surface area contributed by atoms with Gasteiger partial charge in [-0.25, -0.2) is 4.79 Å². The predicted molar refractivity (Wildman–Crippen MR) is 53.8 cm³/mol. The molecule has 82 valence electrons. The molecule has 3 nitrogen and oxygen atoms in total. The number of ether oxygens (including phenoxy) is 1. The molecule has 14 heavy (non-hydrogen) atoms. The van der Waals surface area contributed by atoms with Crippen molar-refractivity contribution in [1.29, 1.82) is 0 Å². The molecule has 0 heterocycles. The van der Waals surface area contributed by atoms with Crippen LogP contribution in [0.1, 0.15) is 46.0 Å². The molecule has 0 spiro atoms. The smallest absolute Gasteiger partial charge is 0.338 e. The monoisotopic (exact) mass is 200 g/mol. The Hall–Kier alpha value is -0.570. The summed E-state index contributed by atoms with van der Waals surface area (Å²) < 4.78 is 4.89. The van der Waals surface area contributed by atoms with E-state index in [4.69, 9.17) is 4.74 Å². The van der Waals surface area contributed by atoms with Gasteiger partial charge >= 0.3 is 5.97 Å². The van der Waals surface area contributed by atoms with Crippen molar-refractivity contribution < 1.29 is 14.6 Å². The largest absolute Gasteiger partial charge is 0.464 e. The van der Waals surface area contributed by atoms with E-state index in [1.807, 2.05) is 0 Å². The molecule has 1 rings (SSSR count). The number of carbonyl (C=O) groups is 1. The molecule has 0 aromatic heterocycles. The van der Waals surface area contributed by atoms with Crippen LogP contribution in [0, 0.1) is 5.92 Å². The van der Waals surface area contributed by atoms with Crippen LogP contribution in [0.4, 0.5) is 0 Å². The van der Waals surface area contributed by atoms with Crippen LogP contribution in [0.5, 0.6) is 0 Å². The van der Waals surface area contributed by atoms with Gasteiger partial charge in [-0.3, -0.25) is 0 Å². The Labute approximate surface area is 85.5 Å². The average molecular weight is 200 g/mol. The third-order valence-electron chi connectivity index (χ3n) is 2.99. The van der Waals surface area contributed by atoms with E-state index in [1.54, 1.807) is 6.92 Å². The van der Waals surface area contributed by atoms with E-state index in [9.17, 15) is 9.90 Å². The lowest BCUT2D eigenvalue weighted by Crippen LogP contribution is -2.39. The molecule has 1 N–H and O–H groups in total. The third kappa shape index (κ3) is 2.71. The minimum Gasteiger partial charge on any atom is -0.464 e. The predicted octanol–water partition coefficient (Wildman–Crippen LogP) is 1.88. The highest BCUT2D eigenvalue weighted by atomic mass is 16.5. The fraction of sp³-hybridized carbons (Fsp3) is 0.909. The highest BCUT2D eigenvalue weighted by Crippen LogP contribution is 2.30. The average Bonchev–Trinajstić information content (AvgIpc) is 2.30. The van der Waals surface area contributed by atoms with E-state index in [0.717, 1.165) is 19.3 Å². The van der Waals surface area contributed by atoms with Gasteiger partial charge in [0.25, 0.3) is 0 Å². The number of aliphatic hydroxyl groups is 1. The second kappa shape index (κ2) is 4.78. The summed E-state index contributed by atoms with van der Waals surface area (Å²) in [6.07, 6.45) is 4.02. The molecule has 0 amide bonds. The van der Waals surface area contributed by atoms with Gasteiger partial charge in [0.1, 0.15) is 0 Å². The van der Waals surface area contributed by atoms with Crippen molar-refractivity contribution in [2.45, 2.75) is 51.6 Å². The van der Waals surface area contributed by atoms with Crippen molar-refractivity contribution in [3.63, 3.8) is 0 Å². The van der Waals surface area contributed by atoms with Crippen molar-refractivity contribution in [2.24, 2.45) is 5.92 Å². The Bertz CT molecular complexity index is 203. The van der Waals surface area contributed by atoms with Crippen molar-refractivity contribution in [3.05, 3.63) is 0 Å². The molecular weight excluding hydrogens is 180 g/mol. The van der Waals surface area contributed by atoms with E-state index in [0.29, 0.717) is 25.4 Å². The van der Waals surface area contributed by atoms with Gasteiger partial charge in [0.2, 0.25) is 0 Å². The number of hydrogen-bond acceptors (Lipinski definition) is 3. The number of carbonyl (C=O) groups excluding carboxylic acids is 1. The molecule has 0 radical (unpaired) electrons. The first-order valence-corrected chi connectivity index (χ1v) is 5.48. The van der Waals surface area contributed by atoms with Crippen LogP contribution in [0.15, 0.2) is 0 Å². The number of rotatable bonds is 2. The van der Waals surface area contributed by atoms with Crippen molar-refractivity contribution in [1.82, 2.24) is 0 Å². The standard InChI is InChI=1S/C11H20O3/c1-3-14-10(12)11(13)7-4-5-9(2)6-8-11/h9,13H,3-8H2,1-2H3. The molecule has 1 aliphatic rings. The maximum Gasteiger partial charge on any atom is 0.338 e. The van der Waals surface area contributed by atoms with Crippen LogP contribution in [-0.2, 0) is 9.53 Å². The van der Waals surface area contributed by atoms with Crippen molar-refractivity contribution in [2.75, 3.05) is 6.61 Å². The van der Waals surface area contributed by atoms with Gasteiger partial charge in [-0.1, -0.05) is 13.3 Å². The first-order chi connectivity index (χ1) is 6.58. The Morgan fingerprint density at radius 3 is 2.86 bits per heavy atom.